The van der Waals surface area contributed by atoms with Gasteiger partial charge in [-0.05, 0) is 24.3 Å². The van der Waals surface area contributed by atoms with Crippen LogP contribution in [0, 0.1) is 0 Å². The number of para-hydroxylation sites is 1. The van der Waals surface area contributed by atoms with Crippen molar-refractivity contribution in [1.29, 1.82) is 0 Å². The summed E-state index contributed by atoms with van der Waals surface area (Å²) in [5.41, 5.74) is 3.42. The molecule has 0 aliphatic carbocycles. The number of anilines is 1. The third kappa shape index (κ3) is 2.12. The zero-order valence-electron chi connectivity index (χ0n) is 11.7. The van der Waals surface area contributed by atoms with Crippen LogP contribution < -0.4 is 4.90 Å². The largest absolute Gasteiger partial charge is 0.464 e. The van der Waals surface area contributed by atoms with Gasteiger partial charge in [-0.3, -0.25) is 4.79 Å². The average molecular weight is 282 g/mol. The lowest BCUT2D eigenvalue weighted by atomic mass is 10.1. The number of esters is 1. The molecule has 5 heteroatoms. The quantitative estimate of drug-likeness (QED) is 0.679. The molecule has 0 saturated carbocycles. The van der Waals surface area contributed by atoms with E-state index in [2.05, 4.69) is 9.72 Å². The van der Waals surface area contributed by atoms with Gasteiger partial charge >= 0.3 is 5.97 Å². The number of aromatic amines is 1. The number of amides is 1. The number of hydrogen-bond donors (Lipinski definition) is 1. The average Bonchev–Trinajstić information content (AvgIpc) is 3.07. The Balaban J connectivity index is 2.02. The third-order valence-corrected chi connectivity index (χ3v) is 3.50. The van der Waals surface area contributed by atoms with Crippen LogP contribution >= 0.6 is 0 Å². The van der Waals surface area contributed by atoms with Gasteiger partial charge in [-0.2, -0.15) is 0 Å². The van der Waals surface area contributed by atoms with Gasteiger partial charge in [-0.25, -0.2) is 4.79 Å². The van der Waals surface area contributed by atoms with Gasteiger partial charge in [0.05, 0.1) is 18.4 Å². The Morgan fingerprint density at radius 3 is 2.76 bits per heavy atom. The van der Waals surface area contributed by atoms with Crippen molar-refractivity contribution >= 4 is 29.2 Å². The molecule has 0 atom stereocenters. The number of likely N-dealkylation sites (N-methyl/N-ethyl adjacent to an activating group) is 1. The predicted molar refractivity (Wildman–Crippen MR) is 79.9 cm³/mol. The summed E-state index contributed by atoms with van der Waals surface area (Å²) in [4.78, 5) is 28.3. The number of carbonyl (C=O) groups is 2. The van der Waals surface area contributed by atoms with E-state index in [9.17, 15) is 9.59 Å². The number of H-pyrrole nitrogens is 1. The number of benzene rings is 1. The lowest BCUT2D eigenvalue weighted by Crippen LogP contribution is -2.20. The molecule has 106 valence electrons. The first kappa shape index (κ1) is 13.2. The normalized spacial score (nSPS) is 15.4. The van der Waals surface area contributed by atoms with E-state index in [1.807, 2.05) is 24.3 Å². The van der Waals surface area contributed by atoms with Crippen LogP contribution in [-0.2, 0) is 9.53 Å². The summed E-state index contributed by atoms with van der Waals surface area (Å²) < 4.78 is 4.65. The standard InChI is InChI=1S/C16H14N2O3/c1-18-14-6-4-3-5-11(14)12(15(18)19)9-10-7-8-13(17-10)16(20)21-2/h3-9,17H,1-2H3/b12-9-. The molecule has 1 amide bonds. The molecule has 0 radical (unpaired) electrons. The Labute approximate surface area is 121 Å². The summed E-state index contributed by atoms with van der Waals surface area (Å²) in [6.07, 6.45) is 1.75. The van der Waals surface area contributed by atoms with Gasteiger partial charge in [0.15, 0.2) is 0 Å². The number of ether oxygens (including phenoxy) is 1. The van der Waals surface area contributed by atoms with Gasteiger partial charge in [0.25, 0.3) is 5.91 Å². The van der Waals surface area contributed by atoms with E-state index in [1.54, 1.807) is 30.2 Å². The maximum atomic E-state index is 12.3. The molecule has 0 saturated heterocycles. The molecule has 2 heterocycles. The highest BCUT2D eigenvalue weighted by Crippen LogP contribution is 2.36. The monoisotopic (exact) mass is 282 g/mol. The Bertz CT molecular complexity index is 758. The van der Waals surface area contributed by atoms with Gasteiger partial charge in [0.2, 0.25) is 0 Å². The van der Waals surface area contributed by atoms with Gasteiger partial charge in [0, 0.05) is 18.3 Å². The van der Waals surface area contributed by atoms with Crippen molar-refractivity contribution in [3.05, 3.63) is 53.3 Å². The summed E-state index contributed by atoms with van der Waals surface area (Å²) in [5.74, 6) is -0.500. The maximum Gasteiger partial charge on any atom is 0.354 e. The lowest BCUT2D eigenvalue weighted by Gasteiger charge is -2.07. The van der Waals surface area contributed by atoms with Crippen molar-refractivity contribution in [3.63, 3.8) is 0 Å². The summed E-state index contributed by atoms with van der Waals surface area (Å²) in [6.45, 7) is 0. The van der Waals surface area contributed by atoms with Crippen molar-refractivity contribution in [2.24, 2.45) is 0 Å². The molecule has 1 aromatic carbocycles. The van der Waals surface area contributed by atoms with E-state index < -0.39 is 5.97 Å². The fourth-order valence-electron chi connectivity index (χ4n) is 2.42. The molecular formula is C16H14N2O3. The molecule has 2 aromatic rings. The highest BCUT2D eigenvalue weighted by molar-refractivity contribution is 6.35. The molecule has 1 aliphatic heterocycles. The minimum absolute atomic E-state index is 0.0644. The minimum Gasteiger partial charge on any atom is -0.464 e. The first-order valence-electron chi connectivity index (χ1n) is 6.48. The van der Waals surface area contributed by atoms with E-state index >= 15 is 0 Å². The fraction of sp³-hybridized carbons (Fsp3) is 0.125. The summed E-state index contributed by atoms with van der Waals surface area (Å²) >= 11 is 0. The number of carbonyl (C=O) groups excluding carboxylic acids is 2. The summed E-state index contributed by atoms with van der Waals surface area (Å²) in [5, 5.41) is 0. The lowest BCUT2D eigenvalue weighted by molar-refractivity contribution is -0.112. The molecule has 1 aromatic heterocycles. The molecule has 1 N–H and O–H groups in total. The fourth-order valence-corrected chi connectivity index (χ4v) is 2.42. The molecule has 0 unspecified atom stereocenters. The van der Waals surface area contributed by atoms with E-state index in [4.69, 9.17) is 0 Å². The molecule has 0 bridgehead atoms. The maximum absolute atomic E-state index is 12.3. The van der Waals surface area contributed by atoms with Crippen molar-refractivity contribution in [2.45, 2.75) is 0 Å². The van der Waals surface area contributed by atoms with Gasteiger partial charge in [-0.15, -0.1) is 0 Å². The Morgan fingerprint density at radius 1 is 1.24 bits per heavy atom. The van der Waals surface area contributed by atoms with Crippen LogP contribution in [0.1, 0.15) is 21.7 Å². The molecule has 1 aliphatic rings. The topological polar surface area (TPSA) is 62.4 Å². The first-order valence-corrected chi connectivity index (χ1v) is 6.48. The zero-order chi connectivity index (χ0) is 15.0. The Morgan fingerprint density at radius 2 is 2.00 bits per heavy atom. The molecule has 0 spiro atoms. The number of nitrogens with zero attached hydrogens (tertiary/aromatic N) is 1. The van der Waals surface area contributed by atoms with Crippen LogP contribution in [0.4, 0.5) is 5.69 Å². The van der Waals surface area contributed by atoms with Crippen LogP contribution in [0.25, 0.3) is 11.6 Å². The van der Waals surface area contributed by atoms with Crippen molar-refractivity contribution in [2.75, 3.05) is 19.1 Å². The highest BCUT2D eigenvalue weighted by Gasteiger charge is 2.29. The Hall–Kier alpha value is -2.82. The molecule has 3 rings (SSSR count). The van der Waals surface area contributed by atoms with Crippen molar-refractivity contribution < 1.29 is 14.3 Å². The number of rotatable bonds is 2. The first-order chi connectivity index (χ1) is 10.1. The molecule has 21 heavy (non-hydrogen) atoms. The van der Waals surface area contributed by atoms with Crippen LogP contribution in [-0.4, -0.2) is 31.0 Å². The minimum atomic E-state index is -0.435. The van der Waals surface area contributed by atoms with Crippen LogP contribution in [0.3, 0.4) is 0 Å². The van der Waals surface area contributed by atoms with E-state index in [0.29, 0.717) is 17.0 Å². The van der Waals surface area contributed by atoms with E-state index in [-0.39, 0.29) is 5.91 Å². The highest BCUT2D eigenvalue weighted by atomic mass is 16.5. The van der Waals surface area contributed by atoms with Gasteiger partial charge in [-0.1, -0.05) is 18.2 Å². The number of methoxy groups -OCH3 is 1. The summed E-state index contributed by atoms with van der Waals surface area (Å²) in [7, 11) is 3.07. The zero-order valence-corrected chi connectivity index (χ0v) is 11.7. The Kier molecular flexibility index (Phi) is 3.10. The number of nitrogens with one attached hydrogen (secondary N) is 1. The van der Waals surface area contributed by atoms with E-state index in [0.717, 1.165) is 11.3 Å². The van der Waals surface area contributed by atoms with Crippen LogP contribution in [0.15, 0.2) is 36.4 Å². The van der Waals surface area contributed by atoms with Crippen LogP contribution in [0.2, 0.25) is 0 Å². The number of fused-ring (bicyclic) bond motifs is 1. The number of aromatic nitrogens is 1. The second kappa shape index (κ2) is 4.94. The predicted octanol–water partition coefficient (Wildman–Crippen LogP) is 2.32. The smallest absolute Gasteiger partial charge is 0.354 e. The van der Waals surface area contributed by atoms with Crippen molar-refractivity contribution in [1.82, 2.24) is 4.98 Å². The molecular weight excluding hydrogens is 268 g/mol. The summed E-state index contributed by atoms with van der Waals surface area (Å²) in [6, 6.07) is 11.0. The third-order valence-electron chi connectivity index (χ3n) is 3.50. The second-order valence-corrected chi connectivity index (χ2v) is 4.76. The SMILES string of the molecule is COC(=O)c1ccc(/C=C2\C(=O)N(C)c3ccccc32)[nH]1. The van der Waals surface area contributed by atoms with E-state index in [1.165, 1.54) is 7.11 Å². The molecule has 0 fully saturated rings. The van der Waals surface area contributed by atoms with Gasteiger partial charge < -0.3 is 14.6 Å². The second-order valence-electron chi connectivity index (χ2n) is 4.76. The van der Waals surface area contributed by atoms with Crippen molar-refractivity contribution in [3.8, 4) is 0 Å². The number of hydrogen-bond acceptors (Lipinski definition) is 3. The van der Waals surface area contributed by atoms with Gasteiger partial charge in [0.1, 0.15) is 5.69 Å². The van der Waals surface area contributed by atoms with Crippen LogP contribution in [0.5, 0.6) is 0 Å². The molecule has 5 nitrogen and oxygen atoms in total.